The molecule has 3 unspecified atom stereocenters. The van der Waals surface area contributed by atoms with Crippen molar-refractivity contribution in [3.8, 4) is 5.75 Å². The number of benzene rings is 1. The smallest absolute Gasteiger partial charge is 0.395 e. The van der Waals surface area contributed by atoms with Gasteiger partial charge in [-0.2, -0.15) is 0 Å². The number of hydrogen-bond donors (Lipinski definition) is 3. The minimum Gasteiger partial charge on any atom is -0.575 e. The predicted molar refractivity (Wildman–Crippen MR) is 89.2 cm³/mol. The minimum absolute atomic E-state index is 0.0750. The predicted octanol–water partition coefficient (Wildman–Crippen LogP) is 1.25. The number of aliphatic hydroxyl groups is 1. The molecule has 9 nitrogen and oxygen atoms in total. The molecule has 0 spiro atoms. The van der Waals surface area contributed by atoms with E-state index in [-0.39, 0.29) is 17.9 Å². The first-order chi connectivity index (χ1) is 11.8. The Hall–Kier alpha value is -2.22. The molecule has 1 aromatic carbocycles. The summed E-state index contributed by atoms with van der Waals surface area (Å²) in [5.74, 6) is -1.62. The van der Waals surface area contributed by atoms with Crippen LogP contribution < -0.4 is 14.7 Å². The van der Waals surface area contributed by atoms with Gasteiger partial charge in [-0.3, -0.25) is 4.52 Å². The molecule has 0 aliphatic carbocycles. The topological polar surface area (TPSA) is 141 Å². The number of carbonyl (C=O) groups is 2. The number of rotatable bonds is 9. The van der Waals surface area contributed by atoms with Crippen molar-refractivity contribution in [2.24, 2.45) is 4.74 Å². The Balaban J connectivity index is 3.00. The fourth-order valence-electron chi connectivity index (χ4n) is 1.81. The summed E-state index contributed by atoms with van der Waals surface area (Å²) >= 11 is 0. The summed E-state index contributed by atoms with van der Waals surface area (Å²) in [6.45, 7) is 4.34. The third kappa shape index (κ3) is 6.30. The second-order valence-electron chi connectivity index (χ2n) is 5.02. The highest BCUT2D eigenvalue weighted by atomic mass is 31.1. The van der Waals surface area contributed by atoms with Crippen molar-refractivity contribution in [1.82, 2.24) is 0 Å². The zero-order valence-corrected chi connectivity index (χ0v) is 15.0. The van der Waals surface area contributed by atoms with Crippen molar-refractivity contribution in [3.05, 3.63) is 23.8 Å². The monoisotopic (exact) mass is 372 g/mol. The van der Waals surface area contributed by atoms with Crippen molar-refractivity contribution in [2.75, 3.05) is 11.9 Å². The second kappa shape index (κ2) is 9.93. The fraction of sp³-hybridized carbons (Fsp3) is 0.467. The van der Waals surface area contributed by atoms with E-state index in [1.165, 1.54) is 13.0 Å². The lowest BCUT2D eigenvalue weighted by molar-refractivity contribution is -0.169. The molecule has 0 aliphatic heterocycles. The number of hydrogen-bond acceptors (Lipinski definition) is 8. The van der Waals surface area contributed by atoms with Crippen molar-refractivity contribution >= 4 is 25.8 Å². The van der Waals surface area contributed by atoms with Gasteiger partial charge in [-0.25, -0.2) is 9.59 Å². The standard InChI is InChI=1S/C15H21N2O7P/c1-4-23-15(21)10(3)16-12-6-5-7-13(11(12)8-18)24-25(22)17-9(2)14(19)20/h5-7,9-10,16,18H,4,8H2,1-3H3,(H,19,20). The van der Waals surface area contributed by atoms with Gasteiger partial charge in [0.1, 0.15) is 6.04 Å². The highest BCUT2D eigenvalue weighted by molar-refractivity contribution is 7.34. The fourth-order valence-corrected chi connectivity index (χ4v) is 2.58. The molecule has 0 bridgehead atoms. The van der Waals surface area contributed by atoms with Gasteiger partial charge in [-0.05, 0) is 32.9 Å². The average molecular weight is 372 g/mol. The van der Waals surface area contributed by atoms with Crippen LogP contribution in [0.5, 0.6) is 5.75 Å². The third-order valence-electron chi connectivity index (χ3n) is 3.10. The van der Waals surface area contributed by atoms with Crippen molar-refractivity contribution in [1.29, 1.82) is 0 Å². The van der Waals surface area contributed by atoms with Crippen LogP contribution >= 0.6 is 8.17 Å². The van der Waals surface area contributed by atoms with Crippen LogP contribution in [0.4, 0.5) is 5.69 Å². The Labute approximate surface area is 146 Å². The minimum atomic E-state index is -2.64. The van der Waals surface area contributed by atoms with E-state index in [4.69, 9.17) is 14.4 Å². The van der Waals surface area contributed by atoms with Gasteiger partial charge >= 0.3 is 20.1 Å². The number of carboxylic acids is 1. The number of carbonyl (C=O) groups excluding carboxylic acids is 1. The van der Waals surface area contributed by atoms with Gasteiger partial charge < -0.3 is 25.2 Å². The highest BCUT2D eigenvalue weighted by Crippen LogP contribution is 2.32. The van der Waals surface area contributed by atoms with E-state index < -0.39 is 38.8 Å². The molecule has 3 N–H and O–H groups in total. The van der Waals surface area contributed by atoms with Crippen LogP contribution in [0.2, 0.25) is 0 Å². The van der Waals surface area contributed by atoms with Crippen LogP contribution in [0.3, 0.4) is 0 Å². The van der Waals surface area contributed by atoms with Crippen LogP contribution in [0.15, 0.2) is 22.9 Å². The second-order valence-corrected chi connectivity index (χ2v) is 5.91. The number of nitrogens with zero attached hydrogens (tertiary/aromatic N) is 1. The molecule has 25 heavy (non-hydrogen) atoms. The zero-order valence-electron chi connectivity index (χ0n) is 14.1. The lowest BCUT2D eigenvalue weighted by Crippen LogP contribution is -2.28. The molecule has 1 aromatic rings. The van der Waals surface area contributed by atoms with Crippen molar-refractivity contribution < 1.29 is 34.0 Å². The summed E-state index contributed by atoms with van der Waals surface area (Å²) in [6.07, 6.45) is 0. The maximum Gasteiger partial charge on any atom is 0.395 e. The van der Waals surface area contributed by atoms with Crippen LogP contribution in [0, 0.1) is 0 Å². The molecule has 3 atom stereocenters. The lowest BCUT2D eigenvalue weighted by atomic mass is 10.1. The zero-order chi connectivity index (χ0) is 19.0. The first-order valence-corrected chi connectivity index (χ1v) is 8.67. The molecule has 0 saturated carbocycles. The Morgan fingerprint density at radius 3 is 2.64 bits per heavy atom. The largest absolute Gasteiger partial charge is 0.575 e. The molecule has 0 heterocycles. The van der Waals surface area contributed by atoms with Crippen LogP contribution in [-0.4, -0.2) is 40.8 Å². The van der Waals surface area contributed by atoms with Gasteiger partial charge in [0.05, 0.1) is 13.2 Å². The van der Waals surface area contributed by atoms with Crippen LogP contribution in [-0.2, 0) is 20.9 Å². The first-order valence-electron chi connectivity index (χ1n) is 7.54. The van der Waals surface area contributed by atoms with E-state index in [0.717, 1.165) is 0 Å². The molecule has 10 heteroatoms. The molecule has 1 rings (SSSR count). The molecule has 0 amide bonds. The van der Waals surface area contributed by atoms with E-state index in [2.05, 4.69) is 10.1 Å². The Morgan fingerprint density at radius 2 is 2.08 bits per heavy atom. The van der Waals surface area contributed by atoms with Gasteiger partial charge in [-0.1, -0.05) is 10.8 Å². The third-order valence-corrected chi connectivity index (χ3v) is 3.99. The summed E-state index contributed by atoms with van der Waals surface area (Å²) in [4.78, 5) is 34.3. The van der Waals surface area contributed by atoms with Gasteiger partial charge in [-0.15, -0.1) is 0 Å². The number of nitrogens with one attached hydrogen (secondary N) is 1. The molecular formula is C15H21N2O7P. The number of aliphatic carboxylic acids is 1. The Morgan fingerprint density at radius 1 is 1.40 bits per heavy atom. The summed E-state index contributed by atoms with van der Waals surface area (Å²) in [6, 6.07) is 2.77. The molecule has 0 radical (unpaired) electrons. The van der Waals surface area contributed by atoms with Crippen LogP contribution in [0.1, 0.15) is 26.3 Å². The van der Waals surface area contributed by atoms with E-state index in [9.17, 15) is 19.6 Å². The summed E-state index contributed by atoms with van der Waals surface area (Å²) in [5.41, 5.74) is 0.662. The van der Waals surface area contributed by atoms with Gasteiger partial charge in [0.15, 0.2) is 11.8 Å². The molecule has 0 fully saturated rings. The first kappa shape index (κ1) is 20.8. The number of ether oxygens (including phenoxy) is 1. The van der Waals surface area contributed by atoms with E-state index in [0.29, 0.717) is 5.69 Å². The maximum absolute atomic E-state index is 11.8. The van der Waals surface area contributed by atoms with Gasteiger partial charge in [0.25, 0.3) is 0 Å². The number of aliphatic hydroxyl groups excluding tert-OH is 1. The van der Waals surface area contributed by atoms with E-state index >= 15 is 0 Å². The van der Waals surface area contributed by atoms with Crippen LogP contribution in [0.25, 0.3) is 0 Å². The van der Waals surface area contributed by atoms with Crippen molar-refractivity contribution in [3.63, 3.8) is 0 Å². The molecule has 0 saturated heterocycles. The summed E-state index contributed by atoms with van der Waals surface area (Å²) < 4.78 is 13.5. The van der Waals surface area contributed by atoms with Gasteiger partial charge in [0.2, 0.25) is 0 Å². The van der Waals surface area contributed by atoms with Gasteiger partial charge in [0, 0.05) is 11.3 Å². The summed E-state index contributed by atoms with van der Waals surface area (Å²) in [5, 5.41) is 21.2. The van der Waals surface area contributed by atoms with E-state index in [1.54, 1.807) is 26.0 Å². The number of anilines is 1. The van der Waals surface area contributed by atoms with Crippen molar-refractivity contribution in [2.45, 2.75) is 39.5 Å². The molecular weight excluding hydrogens is 351 g/mol. The molecule has 0 aromatic heterocycles. The molecule has 0 aliphatic rings. The average Bonchev–Trinajstić information content (AvgIpc) is 2.55. The van der Waals surface area contributed by atoms with E-state index in [1.807, 2.05) is 0 Å². The number of esters is 1. The normalized spacial score (nSPS) is 13.7. The highest BCUT2D eigenvalue weighted by Gasteiger charge is 2.20. The lowest BCUT2D eigenvalue weighted by Gasteiger charge is -2.17. The Bertz CT molecular complexity index is 651. The summed E-state index contributed by atoms with van der Waals surface area (Å²) in [7, 11) is -2.64. The quantitative estimate of drug-likeness (QED) is 0.434. The molecule has 138 valence electrons. The Kier molecular flexibility index (Phi) is 8.27. The SMILES string of the molecule is CCOC(=O)C(C)Nc1cccc(O[P+]([O-])=NC(C)C(=O)O)c1CO. The maximum atomic E-state index is 11.8. The number of carboxylic acid groups (broad SMARTS) is 1.